The van der Waals surface area contributed by atoms with E-state index in [0.717, 1.165) is 77.2 Å². The van der Waals surface area contributed by atoms with E-state index in [2.05, 4.69) is 180 Å². The largest absolute Gasteiger partial charge is 0.454 e. The van der Waals surface area contributed by atoms with Gasteiger partial charge >= 0.3 is 0 Å². The van der Waals surface area contributed by atoms with Crippen molar-refractivity contribution in [2.75, 3.05) is 0 Å². The Balaban J connectivity index is 1.12. The summed E-state index contributed by atoms with van der Waals surface area (Å²) in [4.78, 5) is 16.0. The molecule has 0 aliphatic heterocycles. The second-order valence-corrected chi connectivity index (χ2v) is 16.6. The van der Waals surface area contributed by atoms with Crippen molar-refractivity contribution in [3.63, 3.8) is 0 Å². The van der Waals surface area contributed by atoms with Gasteiger partial charge in [0.2, 0.25) is 0 Å². The highest BCUT2D eigenvalue weighted by Gasteiger charge is 2.25. The first-order valence-electron chi connectivity index (χ1n) is 20.4. The van der Waals surface area contributed by atoms with Gasteiger partial charge in [0.1, 0.15) is 11.3 Å². The smallest absolute Gasteiger partial charge is 0.166 e. The zero-order chi connectivity index (χ0) is 40.0. The number of hydrogen-bond donors (Lipinski definition) is 0. The van der Waals surface area contributed by atoms with Crippen LogP contribution in [-0.4, -0.2) is 19.5 Å². The normalized spacial score (nSPS) is 11.9. The summed E-state index contributed by atoms with van der Waals surface area (Å²) in [6.07, 6.45) is 0. The molecule has 4 aromatic heterocycles. The second kappa shape index (κ2) is 13.3. The summed E-state index contributed by atoms with van der Waals surface area (Å²) in [5, 5.41) is 9.19. The zero-order valence-electron chi connectivity index (χ0n) is 32.6. The van der Waals surface area contributed by atoms with Gasteiger partial charge in [-0.25, -0.2) is 15.0 Å². The molecule has 4 heterocycles. The van der Waals surface area contributed by atoms with Crippen LogP contribution in [0.3, 0.4) is 0 Å². The van der Waals surface area contributed by atoms with Gasteiger partial charge in [-0.05, 0) is 82.6 Å². The van der Waals surface area contributed by atoms with E-state index < -0.39 is 0 Å². The molecule has 0 radical (unpaired) electrons. The molecule has 13 aromatic rings. The Hall–Kier alpha value is -7.93. The monoisotopic (exact) mass is 796 g/mol. The molecule has 0 aliphatic rings. The Morgan fingerprint density at radius 3 is 1.85 bits per heavy atom. The van der Waals surface area contributed by atoms with Crippen molar-refractivity contribution in [1.82, 2.24) is 19.5 Å². The molecule has 0 spiro atoms. The third-order valence-electron chi connectivity index (χ3n) is 12.0. The minimum Gasteiger partial charge on any atom is -0.454 e. The quantitative estimate of drug-likeness (QED) is 0.174. The van der Waals surface area contributed by atoms with Crippen LogP contribution in [0.25, 0.3) is 126 Å². The molecule has 0 N–H and O–H groups in total. The molecule has 0 bridgehead atoms. The molecule has 0 saturated heterocycles. The molecular weight excluding hydrogens is 765 g/mol. The van der Waals surface area contributed by atoms with Gasteiger partial charge in [-0.2, -0.15) is 0 Å². The van der Waals surface area contributed by atoms with Crippen LogP contribution in [0.15, 0.2) is 199 Å². The Labute approximate surface area is 353 Å². The first-order valence-corrected chi connectivity index (χ1v) is 21.2. The van der Waals surface area contributed by atoms with E-state index in [4.69, 9.17) is 19.4 Å². The van der Waals surface area contributed by atoms with E-state index in [1.165, 1.54) is 30.9 Å². The first-order chi connectivity index (χ1) is 30.2. The summed E-state index contributed by atoms with van der Waals surface area (Å²) in [6.45, 7) is 0. The summed E-state index contributed by atoms with van der Waals surface area (Å²) in [7, 11) is 0. The predicted octanol–water partition coefficient (Wildman–Crippen LogP) is 15.1. The van der Waals surface area contributed by atoms with Crippen LogP contribution < -0.4 is 0 Å². The molecule has 0 amide bonds. The van der Waals surface area contributed by atoms with Crippen LogP contribution in [-0.2, 0) is 0 Å². The van der Waals surface area contributed by atoms with Gasteiger partial charge < -0.3 is 8.98 Å². The molecule has 0 aliphatic carbocycles. The van der Waals surface area contributed by atoms with Crippen LogP contribution in [0.2, 0.25) is 0 Å². The van der Waals surface area contributed by atoms with Gasteiger partial charge in [-0.3, -0.25) is 0 Å². The summed E-state index contributed by atoms with van der Waals surface area (Å²) in [5.41, 5.74) is 9.60. The Morgan fingerprint density at radius 1 is 0.377 bits per heavy atom. The lowest BCUT2D eigenvalue weighted by atomic mass is 10.0. The SMILES string of the molecule is c1ccc(-c2ccc(-c3nc(-c4ccc5sc6ccccc6c5c4)nc(-c4ccc5c(oc6ccccc65)c4-n4c5ccccc5c5cc6ccccc6cc54)n3)cc2)cc1. The Bertz CT molecular complexity index is 3880. The van der Waals surface area contributed by atoms with Crippen LogP contribution in [0.5, 0.6) is 0 Å². The second-order valence-electron chi connectivity index (χ2n) is 15.6. The summed E-state index contributed by atoms with van der Waals surface area (Å²) in [5.74, 6) is 1.76. The van der Waals surface area contributed by atoms with E-state index in [0.29, 0.717) is 17.5 Å². The van der Waals surface area contributed by atoms with Crippen molar-refractivity contribution >= 4 is 86.0 Å². The van der Waals surface area contributed by atoms with Crippen molar-refractivity contribution in [3.05, 3.63) is 194 Å². The number of nitrogens with zero attached hydrogens (tertiary/aromatic N) is 4. The summed E-state index contributed by atoms with van der Waals surface area (Å²) >= 11 is 1.80. The van der Waals surface area contributed by atoms with E-state index in [1.54, 1.807) is 11.3 Å². The maximum absolute atomic E-state index is 6.93. The molecule has 0 unspecified atom stereocenters. The number of thiophene rings is 1. The van der Waals surface area contributed by atoms with Crippen LogP contribution in [0.4, 0.5) is 0 Å². The number of para-hydroxylation sites is 2. The minimum absolute atomic E-state index is 0.562. The fourth-order valence-electron chi connectivity index (χ4n) is 9.14. The first kappa shape index (κ1) is 34.0. The molecule has 6 heteroatoms. The molecule has 0 atom stereocenters. The van der Waals surface area contributed by atoms with Crippen molar-refractivity contribution in [2.45, 2.75) is 0 Å². The summed E-state index contributed by atoms with van der Waals surface area (Å²) < 4.78 is 11.8. The van der Waals surface area contributed by atoms with Crippen molar-refractivity contribution < 1.29 is 4.42 Å². The van der Waals surface area contributed by atoms with Gasteiger partial charge in [-0.15, -0.1) is 11.3 Å². The van der Waals surface area contributed by atoms with Gasteiger partial charge in [0, 0.05) is 58.4 Å². The highest BCUT2D eigenvalue weighted by molar-refractivity contribution is 7.25. The number of aromatic nitrogens is 4. The standard InChI is InChI=1S/C55H32N4OS/c1-2-12-33(13-3-1)34-22-24-35(25-23-34)53-56-54(38-26-29-50-45(31-38)41-18-8-11-21-49(41)61-50)58-55(57-53)43-28-27-42-40-17-7-10-20-48(40)60-52(42)51(43)59-46-19-9-6-16-39(46)44-30-36-14-4-5-15-37(36)32-47(44)59/h1-32H. The number of hydrogen-bond acceptors (Lipinski definition) is 5. The molecular formula is C55H32N4OS. The van der Waals surface area contributed by atoms with E-state index in [9.17, 15) is 0 Å². The third-order valence-corrected chi connectivity index (χ3v) is 13.2. The molecule has 9 aromatic carbocycles. The molecule has 0 saturated carbocycles. The van der Waals surface area contributed by atoms with Gasteiger partial charge in [-0.1, -0.05) is 133 Å². The highest BCUT2D eigenvalue weighted by Crippen LogP contribution is 2.44. The van der Waals surface area contributed by atoms with E-state index >= 15 is 0 Å². The van der Waals surface area contributed by atoms with Gasteiger partial charge in [0.25, 0.3) is 0 Å². The number of fused-ring (bicyclic) bond motifs is 10. The summed E-state index contributed by atoms with van der Waals surface area (Å²) in [6, 6.07) is 68.5. The zero-order valence-corrected chi connectivity index (χ0v) is 33.4. The number of furan rings is 1. The van der Waals surface area contributed by atoms with Gasteiger partial charge in [0.05, 0.1) is 11.0 Å². The van der Waals surface area contributed by atoms with Crippen LogP contribution >= 0.6 is 11.3 Å². The maximum atomic E-state index is 6.93. The molecule has 61 heavy (non-hydrogen) atoms. The van der Waals surface area contributed by atoms with Crippen LogP contribution in [0, 0.1) is 0 Å². The third kappa shape index (κ3) is 5.36. The Morgan fingerprint density at radius 2 is 1.00 bits per heavy atom. The van der Waals surface area contributed by atoms with Crippen molar-refractivity contribution in [1.29, 1.82) is 0 Å². The Kier molecular flexibility index (Phi) is 7.41. The maximum Gasteiger partial charge on any atom is 0.166 e. The highest BCUT2D eigenvalue weighted by atomic mass is 32.1. The average Bonchev–Trinajstić information content (AvgIpc) is 4.00. The fraction of sp³-hybridized carbons (Fsp3) is 0. The lowest BCUT2D eigenvalue weighted by Crippen LogP contribution is -2.04. The van der Waals surface area contributed by atoms with Crippen LogP contribution in [0.1, 0.15) is 0 Å². The number of benzene rings is 9. The molecule has 0 fully saturated rings. The van der Waals surface area contributed by atoms with E-state index in [1.807, 2.05) is 18.2 Å². The predicted molar refractivity (Wildman–Crippen MR) is 254 cm³/mol. The number of rotatable bonds is 5. The minimum atomic E-state index is 0.562. The van der Waals surface area contributed by atoms with Crippen molar-refractivity contribution in [2.24, 2.45) is 0 Å². The van der Waals surface area contributed by atoms with Gasteiger partial charge in [0.15, 0.2) is 23.1 Å². The fourth-order valence-corrected chi connectivity index (χ4v) is 10.2. The lowest BCUT2D eigenvalue weighted by molar-refractivity contribution is 0.666. The average molecular weight is 797 g/mol. The van der Waals surface area contributed by atoms with Crippen molar-refractivity contribution in [3.8, 4) is 51.0 Å². The molecule has 13 rings (SSSR count). The topological polar surface area (TPSA) is 56.7 Å². The molecule has 5 nitrogen and oxygen atoms in total. The lowest BCUT2D eigenvalue weighted by Gasteiger charge is -2.15. The molecule has 284 valence electrons. The van der Waals surface area contributed by atoms with E-state index in [-0.39, 0.29) is 0 Å².